The Morgan fingerprint density at radius 3 is 2.50 bits per heavy atom. The van der Waals surface area contributed by atoms with Gasteiger partial charge in [-0.1, -0.05) is 6.07 Å². The van der Waals surface area contributed by atoms with Crippen LogP contribution in [0.4, 0.5) is 5.69 Å². The van der Waals surface area contributed by atoms with Crippen LogP contribution in [-0.2, 0) is 0 Å². The van der Waals surface area contributed by atoms with E-state index in [1.54, 1.807) is 31.4 Å². The van der Waals surface area contributed by atoms with E-state index in [0.29, 0.717) is 28.2 Å². The molecule has 1 N–H and O–H groups in total. The van der Waals surface area contributed by atoms with Gasteiger partial charge in [-0.15, -0.1) is 0 Å². The molecule has 1 amide bonds. The van der Waals surface area contributed by atoms with Crippen LogP contribution in [0, 0.1) is 13.8 Å². The molecule has 0 aliphatic carbocycles. The van der Waals surface area contributed by atoms with Crippen molar-refractivity contribution in [3.8, 4) is 11.5 Å². The summed E-state index contributed by atoms with van der Waals surface area (Å²) in [5, 5.41) is 3.16. The van der Waals surface area contributed by atoms with Gasteiger partial charge in [0.2, 0.25) is 0 Å². The lowest BCUT2D eigenvalue weighted by atomic mass is 10.1. The van der Waals surface area contributed by atoms with E-state index >= 15 is 0 Å². The van der Waals surface area contributed by atoms with Crippen LogP contribution in [0.15, 0.2) is 45.6 Å². The highest BCUT2D eigenvalue weighted by Gasteiger charge is 2.16. The second-order valence-electron chi connectivity index (χ2n) is 5.95. The molecule has 0 spiro atoms. The molecule has 0 unspecified atom stereocenters. The van der Waals surface area contributed by atoms with E-state index in [-0.39, 0.29) is 11.2 Å². The fourth-order valence-corrected chi connectivity index (χ4v) is 2.81. The average molecular weight is 353 g/mol. The number of aryl methyl sites for hydroxylation is 2. The molecule has 2 aromatic carbocycles. The van der Waals surface area contributed by atoms with Gasteiger partial charge < -0.3 is 19.2 Å². The van der Waals surface area contributed by atoms with Crippen molar-refractivity contribution in [3.63, 3.8) is 0 Å². The Balaban J connectivity index is 2.00. The van der Waals surface area contributed by atoms with Gasteiger partial charge in [-0.2, -0.15) is 0 Å². The minimum atomic E-state index is -0.535. The van der Waals surface area contributed by atoms with Crippen molar-refractivity contribution in [1.29, 1.82) is 0 Å². The maximum absolute atomic E-state index is 12.6. The zero-order valence-electron chi connectivity index (χ0n) is 15.0. The summed E-state index contributed by atoms with van der Waals surface area (Å²) in [5.41, 5.74) is 2.36. The Labute approximate surface area is 150 Å². The molecule has 0 saturated heterocycles. The monoisotopic (exact) mass is 353 g/mol. The number of fused-ring (bicyclic) bond motifs is 1. The summed E-state index contributed by atoms with van der Waals surface area (Å²) in [5.74, 6) is 0.440. The first-order chi connectivity index (χ1) is 12.4. The quantitative estimate of drug-likeness (QED) is 0.774. The molecule has 0 atom stereocenters. The summed E-state index contributed by atoms with van der Waals surface area (Å²) < 4.78 is 16.1. The van der Waals surface area contributed by atoms with Gasteiger partial charge in [-0.25, -0.2) is 0 Å². The Morgan fingerprint density at radius 1 is 1.04 bits per heavy atom. The first-order valence-corrected chi connectivity index (χ1v) is 8.01. The number of hydrogen-bond donors (Lipinski definition) is 1. The molecule has 0 saturated carbocycles. The molecule has 134 valence electrons. The topological polar surface area (TPSA) is 77.8 Å². The lowest BCUT2D eigenvalue weighted by Gasteiger charge is -2.11. The minimum absolute atomic E-state index is 0.0627. The SMILES string of the molecule is COc1ccc(NC(=O)c2cc(=O)c3cc(C)cc(C)c3o2)c(OC)c1. The number of benzene rings is 2. The molecule has 3 rings (SSSR count). The van der Waals surface area contributed by atoms with Crippen LogP contribution in [0.25, 0.3) is 11.0 Å². The van der Waals surface area contributed by atoms with Crippen molar-refractivity contribution in [3.05, 3.63) is 63.5 Å². The van der Waals surface area contributed by atoms with E-state index in [9.17, 15) is 9.59 Å². The third kappa shape index (κ3) is 3.26. The molecule has 0 aliphatic rings. The van der Waals surface area contributed by atoms with Crippen LogP contribution in [0.5, 0.6) is 11.5 Å². The van der Waals surface area contributed by atoms with Crippen molar-refractivity contribution < 1.29 is 18.7 Å². The van der Waals surface area contributed by atoms with E-state index < -0.39 is 5.91 Å². The van der Waals surface area contributed by atoms with Gasteiger partial charge >= 0.3 is 0 Å². The Bertz CT molecular complexity index is 1050. The Hall–Kier alpha value is -3.28. The number of hydrogen-bond acceptors (Lipinski definition) is 5. The average Bonchev–Trinajstić information content (AvgIpc) is 2.62. The number of rotatable bonds is 4. The zero-order chi connectivity index (χ0) is 18.8. The molecular weight excluding hydrogens is 334 g/mol. The van der Waals surface area contributed by atoms with Crippen LogP contribution >= 0.6 is 0 Å². The van der Waals surface area contributed by atoms with Crippen molar-refractivity contribution >= 4 is 22.6 Å². The highest BCUT2D eigenvalue weighted by atomic mass is 16.5. The number of anilines is 1. The number of carbonyl (C=O) groups excluding carboxylic acids is 1. The normalized spacial score (nSPS) is 10.6. The maximum Gasteiger partial charge on any atom is 0.291 e. The summed E-state index contributed by atoms with van der Waals surface area (Å²) in [4.78, 5) is 25.0. The molecule has 0 radical (unpaired) electrons. The zero-order valence-corrected chi connectivity index (χ0v) is 15.0. The summed E-state index contributed by atoms with van der Waals surface area (Å²) in [6.07, 6.45) is 0. The molecule has 6 heteroatoms. The van der Waals surface area contributed by atoms with E-state index in [2.05, 4.69) is 5.32 Å². The van der Waals surface area contributed by atoms with Gasteiger partial charge in [0.05, 0.1) is 25.3 Å². The Kier molecular flexibility index (Phi) is 4.67. The number of amides is 1. The number of ether oxygens (including phenoxy) is 2. The Morgan fingerprint density at radius 2 is 1.81 bits per heavy atom. The smallest absolute Gasteiger partial charge is 0.291 e. The van der Waals surface area contributed by atoms with E-state index in [1.807, 2.05) is 19.9 Å². The highest BCUT2D eigenvalue weighted by molar-refractivity contribution is 6.04. The van der Waals surface area contributed by atoms with Crippen LogP contribution in [-0.4, -0.2) is 20.1 Å². The number of nitrogens with one attached hydrogen (secondary N) is 1. The van der Waals surface area contributed by atoms with E-state index in [1.165, 1.54) is 13.2 Å². The molecule has 0 fully saturated rings. The van der Waals surface area contributed by atoms with Gasteiger partial charge in [0.1, 0.15) is 17.1 Å². The highest BCUT2D eigenvalue weighted by Crippen LogP contribution is 2.29. The van der Waals surface area contributed by atoms with Gasteiger partial charge in [0.15, 0.2) is 11.2 Å². The lowest BCUT2D eigenvalue weighted by Crippen LogP contribution is -2.15. The van der Waals surface area contributed by atoms with Crippen molar-refractivity contribution in [1.82, 2.24) is 0 Å². The first kappa shape index (κ1) is 17.5. The first-order valence-electron chi connectivity index (χ1n) is 8.01. The third-order valence-electron chi connectivity index (χ3n) is 4.04. The predicted molar refractivity (Wildman–Crippen MR) is 99.5 cm³/mol. The fraction of sp³-hybridized carbons (Fsp3) is 0.200. The number of carbonyl (C=O) groups is 1. The molecule has 3 aromatic rings. The fourth-order valence-electron chi connectivity index (χ4n) is 2.81. The molecule has 1 heterocycles. The molecular formula is C20H19NO5. The summed E-state index contributed by atoms with van der Waals surface area (Å²) in [6, 6.07) is 9.86. The van der Waals surface area contributed by atoms with Crippen LogP contribution in [0.1, 0.15) is 21.7 Å². The minimum Gasteiger partial charge on any atom is -0.497 e. The van der Waals surface area contributed by atoms with Gasteiger partial charge in [-0.3, -0.25) is 9.59 Å². The molecule has 1 aromatic heterocycles. The largest absolute Gasteiger partial charge is 0.497 e. The van der Waals surface area contributed by atoms with Crippen LogP contribution in [0.3, 0.4) is 0 Å². The summed E-state index contributed by atoms with van der Waals surface area (Å²) >= 11 is 0. The van der Waals surface area contributed by atoms with Crippen molar-refractivity contribution in [2.75, 3.05) is 19.5 Å². The van der Waals surface area contributed by atoms with Crippen molar-refractivity contribution in [2.45, 2.75) is 13.8 Å². The number of methoxy groups -OCH3 is 2. The second-order valence-corrected chi connectivity index (χ2v) is 5.95. The molecule has 26 heavy (non-hydrogen) atoms. The van der Waals surface area contributed by atoms with Gasteiger partial charge in [0.25, 0.3) is 5.91 Å². The van der Waals surface area contributed by atoms with Crippen LogP contribution in [0.2, 0.25) is 0 Å². The van der Waals surface area contributed by atoms with E-state index in [4.69, 9.17) is 13.9 Å². The third-order valence-corrected chi connectivity index (χ3v) is 4.04. The molecule has 6 nitrogen and oxygen atoms in total. The standard InChI is InChI=1S/C20H19NO5/c1-11-7-12(2)19-14(8-11)16(22)10-18(26-19)20(23)21-15-6-5-13(24-3)9-17(15)25-4/h5-10H,1-4H3,(H,21,23). The summed E-state index contributed by atoms with van der Waals surface area (Å²) in [7, 11) is 3.03. The van der Waals surface area contributed by atoms with Gasteiger partial charge in [0, 0.05) is 12.1 Å². The lowest BCUT2D eigenvalue weighted by molar-refractivity contribution is 0.0996. The summed E-state index contributed by atoms with van der Waals surface area (Å²) in [6.45, 7) is 3.74. The van der Waals surface area contributed by atoms with E-state index in [0.717, 1.165) is 11.1 Å². The van der Waals surface area contributed by atoms with Crippen LogP contribution < -0.4 is 20.2 Å². The molecule has 0 bridgehead atoms. The van der Waals surface area contributed by atoms with Gasteiger partial charge in [-0.05, 0) is 43.2 Å². The van der Waals surface area contributed by atoms with Crippen molar-refractivity contribution in [2.24, 2.45) is 0 Å². The second kappa shape index (κ2) is 6.92. The molecule has 0 aliphatic heterocycles. The predicted octanol–water partition coefficient (Wildman–Crippen LogP) is 3.68. The maximum atomic E-state index is 12.6.